The lowest BCUT2D eigenvalue weighted by Crippen LogP contribution is -2.43. The van der Waals surface area contributed by atoms with Gasteiger partial charge in [0.25, 0.3) is 0 Å². The van der Waals surface area contributed by atoms with Crippen molar-refractivity contribution < 1.29 is 4.74 Å². The number of morpholine rings is 1. The molecule has 0 radical (unpaired) electrons. The number of nitrogens with zero attached hydrogens (tertiary/aromatic N) is 4. The van der Waals surface area contributed by atoms with Gasteiger partial charge < -0.3 is 15.0 Å². The highest BCUT2D eigenvalue weighted by atomic mass is 16.5. The molecule has 1 aliphatic heterocycles. The first kappa shape index (κ1) is 17.4. The minimum absolute atomic E-state index is 0.394. The van der Waals surface area contributed by atoms with Gasteiger partial charge in [-0.25, -0.2) is 9.97 Å². The minimum atomic E-state index is 0.394. The number of nitrogens with one attached hydrogen (secondary N) is 1. The average molecular weight is 361 g/mol. The summed E-state index contributed by atoms with van der Waals surface area (Å²) < 4.78 is 5.52. The van der Waals surface area contributed by atoms with Crippen molar-refractivity contribution in [1.82, 2.24) is 15.0 Å². The molecule has 6 nitrogen and oxygen atoms in total. The Balaban J connectivity index is 1.53. The van der Waals surface area contributed by atoms with E-state index in [1.807, 2.05) is 25.1 Å². The van der Waals surface area contributed by atoms with Crippen molar-refractivity contribution in [2.75, 3.05) is 30.0 Å². The third kappa shape index (κ3) is 4.06. The lowest BCUT2D eigenvalue weighted by atomic mass is 10.2. The van der Waals surface area contributed by atoms with Crippen molar-refractivity contribution >= 4 is 17.2 Å². The van der Waals surface area contributed by atoms with E-state index in [2.05, 4.69) is 56.4 Å². The lowest BCUT2D eigenvalue weighted by Gasteiger charge is -2.35. The molecular weight excluding hydrogens is 338 g/mol. The summed E-state index contributed by atoms with van der Waals surface area (Å²) in [7, 11) is 0. The van der Waals surface area contributed by atoms with Gasteiger partial charge in [-0.15, -0.1) is 0 Å². The molecular formula is C21H23N5O. The molecule has 138 valence electrons. The molecule has 3 aromatic rings. The third-order valence-electron chi connectivity index (χ3n) is 4.63. The Labute approximate surface area is 159 Å². The summed E-state index contributed by atoms with van der Waals surface area (Å²) in [5.74, 6) is 1.47. The van der Waals surface area contributed by atoms with E-state index in [4.69, 9.17) is 4.74 Å². The largest absolute Gasteiger partial charge is 0.377 e. The first-order chi connectivity index (χ1) is 13.2. The molecule has 1 unspecified atom stereocenters. The summed E-state index contributed by atoms with van der Waals surface area (Å²) in [5, 5.41) is 3.39. The second kappa shape index (κ2) is 7.72. The summed E-state index contributed by atoms with van der Waals surface area (Å²) in [5.41, 5.74) is 4.08. The van der Waals surface area contributed by atoms with Crippen LogP contribution in [0.4, 0.5) is 17.2 Å². The van der Waals surface area contributed by atoms with E-state index in [0.29, 0.717) is 11.9 Å². The Morgan fingerprint density at radius 2 is 1.85 bits per heavy atom. The van der Waals surface area contributed by atoms with E-state index in [1.165, 1.54) is 5.69 Å². The predicted octanol–water partition coefficient (Wildman–Crippen LogP) is 3.82. The van der Waals surface area contributed by atoms with Crippen LogP contribution in [-0.4, -0.2) is 40.8 Å². The van der Waals surface area contributed by atoms with Crippen LogP contribution in [0.2, 0.25) is 0 Å². The average Bonchev–Trinajstić information content (AvgIpc) is 2.69. The van der Waals surface area contributed by atoms with E-state index >= 15 is 0 Å². The predicted molar refractivity (Wildman–Crippen MR) is 107 cm³/mol. The fourth-order valence-corrected chi connectivity index (χ4v) is 3.26. The molecule has 1 fully saturated rings. The smallest absolute Gasteiger partial charge is 0.161 e. The van der Waals surface area contributed by atoms with Gasteiger partial charge in [-0.3, -0.25) is 4.98 Å². The fourth-order valence-electron chi connectivity index (χ4n) is 3.26. The number of hydrogen-bond acceptors (Lipinski definition) is 6. The molecule has 1 aliphatic rings. The molecule has 27 heavy (non-hydrogen) atoms. The Hall–Kier alpha value is -2.99. The summed E-state index contributed by atoms with van der Waals surface area (Å²) in [6, 6.07) is 14.6. The van der Waals surface area contributed by atoms with Crippen LogP contribution < -0.4 is 10.2 Å². The SMILES string of the molecule is Cc1cc(Nc2ccc(N3CCOCC3C)cc2)nc(-c2ccncc2)n1. The van der Waals surface area contributed by atoms with Gasteiger partial charge in [0, 0.05) is 53.7 Å². The number of pyridine rings is 1. The zero-order valence-corrected chi connectivity index (χ0v) is 15.6. The number of hydrogen-bond donors (Lipinski definition) is 1. The molecule has 2 aromatic heterocycles. The molecule has 0 bridgehead atoms. The molecule has 0 saturated carbocycles. The molecule has 1 saturated heterocycles. The van der Waals surface area contributed by atoms with Crippen LogP contribution >= 0.6 is 0 Å². The number of anilines is 3. The van der Waals surface area contributed by atoms with Crippen LogP contribution in [0.3, 0.4) is 0 Å². The van der Waals surface area contributed by atoms with E-state index < -0.39 is 0 Å². The van der Waals surface area contributed by atoms with Gasteiger partial charge in [0.1, 0.15) is 5.82 Å². The molecule has 1 aromatic carbocycles. The molecule has 1 N–H and O–H groups in total. The third-order valence-corrected chi connectivity index (χ3v) is 4.63. The van der Waals surface area contributed by atoms with E-state index in [1.54, 1.807) is 12.4 Å². The maximum Gasteiger partial charge on any atom is 0.161 e. The Bertz CT molecular complexity index is 898. The number of aryl methyl sites for hydroxylation is 1. The first-order valence-corrected chi connectivity index (χ1v) is 9.16. The summed E-state index contributed by atoms with van der Waals surface area (Å²) >= 11 is 0. The van der Waals surface area contributed by atoms with Crippen LogP contribution in [0.15, 0.2) is 54.9 Å². The summed E-state index contributed by atoms with van der Waals surface area (Å²) in [6.07, 6.45) is 3.50. The van der Waals surface area contributed by atoms with Crippen LogP contribution in [0.25, 0.3) is 11.4 Å². The van der Waals surface area contributed by atoms with E-state index in [9.17, 15) is 0 Å². The van der Waals surface area contributed by atoms with Gasteiger partial charge in [0.05, 0.1) is 13.2 Å². The Morgan fingerprint density at radius 1 is 1.07 bits per heavy atom. The molecule has 1 atom stereocenters. The second-order valence-corrected chi connectivity index (χ2v) is 6.74. The minimum Gasteiger partial charge on any atom is -0.377 e. The zero-order chi connectivity index (χ0) is 18.6. The highest BCUT2D eigenvalue weighted by Crippen LogP contribution is 2.24. The molecule has 0 aliphatic carbocycles. The Morgan fingerprint density at radius 3 is 2.59 bits per heavy atom. The van der Waals surface area contributed by atoms with Crippen molar-refractivity contribution in [3.05, 3.63) is 60.6 Å². The monoisotopic (exact) mass is 361 g/mol. The van der Waals surface area contributed by atoms with Crippen molar-refractivity contribution in [2.45, 2.75) is 19.9 Å². The topological polar surface area (TPSA) is 63.2 Å². The number of rotatable bonds is 4. The van der Waals surface area contributed by atoms with Gasteiger partial charge in [-0.2, -0.15) is 0 Å². The van der Waals surface area contributed by atoms with Gasteiger partial charge in [-0.05, 0) is 50.2 Å². The van der Waals surface area contributed by atoms with Crippen LogP contribution in [0.1, 0.15) is 12.6 Å². The number of benzene rings is 1. The normalized spacial score (nSPS) is 17.0. The van der Waals surface area contributed by atoms with E-state index in [-0.39, 0.29) is 0 Å². The van der Waals surface area contributed by atoms with Crippen LogP contribution in [0.5, 0.6) is 0 Å². The van der Waals surface area contributed by atoms with Crippen LogP contribution in [0, 0.1) is 6.92 Å². The molecule has 0 spiro atoms. The number of ether oxygens (including phenoxy) is 1. The molecule has 6 heteroatoms. The standard InChI is InChI=1S/C21H23N5O/c1-15-13-20(25-21(23-15)17-7-9-22-10-8-17)24-18-3-5-19(6-4-18)26-11-12-27-14-16(26)2/h3-10,13,16H,11-12,14H2,1-2H3,(H,23,24,25). The van der Waals surface area contributed by atoms with Crippen LogP contribution in [-0.2, 0) is 4.74 Å². The van der Waals surface area contributed by atoms with Gasteiger partial charge >= 0.3 is 0 Å². The summed E-state index contributed by atoms with van der Waals surface area (Å²) in [6.45, 7) is 6.64. The van der Waals surface area contributed by atoms with Crippen molar-refractivity contribution in [3.63, 3.8) is 0 Å². The molecule has 0 amide bonds. The van der Waals surface area contributed by atoms with Gasteiger partial charge in [0.15, 0.2) is 5.82 Å². The number of aromatic nitrogens is 3. The van der Waals surface area contributed by atoms with Gasteiger partial charge in [0.2, 0.25) is 0 Å². The molecule has 3 heterocycles. The van der Waals surface area contributed by atoms with E-state index in [0.717, 1.165) is 42.5 Å². The first-order valence-electron chi connectivity index (χ1n) is 9.16. The van der Waals surface area contributed by atoms with Crippen molar-refractivity contribution in [3.8, 4) is 11.4 Å². The Kier molecular flexibility index (Phi) is 4.98. The lowest BCUT2D eigenvalue weighted by molar-refractivity contribution is 0.0989. The zero-order valence-electron chi connectivity index (χ0n) is 15.6. The fraction of sp³-hybridized carbons (Fsp3) is 0.286. The van der Waals surface area contributed by atoms with Crippen molar-refractivity contribution in [1.29, 1.82) is 0 Å². The maximum atomic E-state index is 5.52. The highest BCUT2D eigenvalue weighted by Gasteiger charge is 2.18. The maximum absolute atomic E-state index is 5.52. The quantitative estimate of drug-likeness (QED) is 0.762. The highest BCUT2D eigenvalue weighted by molar-refractivity contribution is 5.63. The molecule has 4 rings (SSSR count). The van der Waals surface area contributed by atoms with Gasteiger partial charge in [-0.1, -0.05) is 0 Å². The second-order valence-electron chi connectivity index (χ2n) is 6.74. The van der Waals surface area contributed by atoms with Crippen molar-refractivity contribution in [2.24, 2.45) is 0 Å². The summed E-state index contributed by atoms with van der Waals surface area (Å²) in [4.78, 5) is 15.6.